The molecule has 2 aromatic carbocycles. The van der Waals surface area contributed by atoms with Crippen molar-refractivity contribution in [1.82, 2.24) is 0 Å². The third kappa shape index (κ3) is 3.75. The number of rotatable bonds is 6. The van der Waals surface area contributed by atoms with E-state index < -0.39 is 0 Å². The molecule has 0 aromatic heterocycles. The van der Waals surface area contributed by atoms with Crippen LogP contribution in [0.25, 0.3) is 0 Å². The van der Waals surface area contributed by atoms with Crippen molar-refractivity contribution in [1.29, 1.82) is 0 Å². The minimum atomic E-state index is 0.545. The first kappa shape index (κ1) is 13.5. The van der Waals surface area contributed by atoms with E-state index >= 15 is 0 Å². The molecule has 0 fully saturated rings. The van der Waals surface area contributed by atoms with E-state index in [1.165, 1.54) is 5.56 Å². The van der Waals surface area contributed by atoms with Gasteiger partial charge in [-0.25, -0.2) is 0 Å². The number of benzene rings is 2. The molecule has 0 heterocycles. The number of nitrogens with one attached hydrogen (secondary N) is 1. The number of hydrogen-bond acceptors (Lipinski definition) is 2. The van der Waals surface area contributed by atoms with Crippen molar-refractivity contribution in [2.24, 2.45) is 0 Å². The van der Waals surface area contributed by atoms with Crippen LogP contribution in [-0.2, 0) is 0 Å². The first-order valence-electron chi connectivity index (χ1n) is 6.76. The highest BCUT2D eigenvalue weighted by Gasteiger charge is 2.08. The van der Waals surface area contributed by atoms with Gasteiger partial charge in [0.2, 0.25) is 0 Å². The second kappa shape index (κ2) is 6.83. The van der Waals surface area contributed by atoms with Crippen molar-refractivity contribution in [2.75, 3.05) is 19.0 Å². The summed E-state index contributed by atoms with van der Waals surface area (Å²) in [6, 6.07) is 18.7. The van der Waals surface area contributed by atoms with E-state index in [2.05, 4.69) is 54.7 Å². The normalized spacial score (nSPS) is 11.9. The Balaban J connectivity index is 1.96. The van der Waals surface area contributed by atoms with Gasteiger partial charge in [0.25, 0.3) is 0 Å². The van der Waals surface area contributed by atoms with Gasteiger partial charge in [-0.3, -0.25) is 0 Å². The minimum absolute atomic E-state index is 0.545. The van der Waals surface area contributed by atoms with Crippen LogP contribution in [0.5, 0.6) is 5.75 Å². The standard InChI is InChI=1S/C17H21NO/c1-3-14(15-7-5-4-6-8-15)13-18-16-9-11-17(19-2)12-10-16/h4-12,14,18H,3,13H2,1-2H3/t14-/m0/s1. The van der Waals surface area contributed by atoms with E-state index in [0.29, 0.717) is 5.92 Å². The van der Waals surface area contributed by atoms with Crippen molar-refractivity contribution < 1.29 is 4.74 Å². The first-order valence-corrected chi connectivity index (χ1v) is 6.76. The molecule has 2 rings (SSSR count). The molecule has 2 nitrogen and oxygen atoms in total. The molecule has 0 aliphatic rings. The van der Waals surface area contributed by atoms with E-state index in [9.17, 15) is 0 Å². The third-order valence-electron chi connectivity index (χ3n) is 3.41. The zero-order valence-electron chi connectivity index (χ0n) is 11.6. The van der Waals surface area contributed by atoms with E-state index in [1.54, 1.807) is 7.11 Å². The predicted molar refractivity (Wildman–Crippen MR) is 81.0 cm³/mol. The maximum Gasteiger partial charge on any atom is 0.119 e. The lowest BCUT2D eigenvalue weighted by Crippen LogP contribution is -2.11. The van der Waals surface area contributed by atoms with Gasteiger partial charge < -0.3 is 10.1 Å². The highest BCUT2D eigenvalue weighted by atomic mass is 16.5. The fourth-order valence-corrected chi connectivity index (χ4v) is 2.17. The Hall–Kier alpha value is -1.96. The predicted octanol–water partition coefficient (Wildman–Crippen LogP) is 4.30. The molecule has 0 saturated heterocycles. The van der Waals surface area contributed by atoms with E-state index in [4.69, 9.17) is 4.74 Å². The summed E-state index contributed by atoms with van der Waals surface area (Å²) >= 11 is 0. The molecule has 2 aromatic rings. The van der Waals surface area contributed by atoms with Crippen LogP contribution in [0.1, 0.15) is 24.8 Å². The van der Waals surface area contributed by atoms with Crippen LogP contribution in [0.15, 0.2) is 54.6 Å². The number of hydrogen-bond donors (Lipinski definition) is 1. The van der Waals surface area contributed by atoms with Gasteiger partial charge in [0, 0.05) is 18.2 Å². The van der Waals surface area contributed by atoms with Gasteiger partial charge in [-0.05, 0) is 36.2 Å². The molecule has 0 spiro atoms. The lowest BCUT2D eigenvalue weighted by atomic mass is 9.96. The van der Waals surface area contributed by atoms with Crippen LogP contribution < -0.4 is 10.1 Å². The molecule has 100 valence electrons. The van der Waals surface area contributed by atoms with Crippen molar-refractivity contribution in [3.63, 3.8) is 0 Å². The lowest BCUT2D eigenvalue weighted by Gasteiger charge is -2.17. The van der Waals surface area contributed by atoms with Crippen LogP contribution in [0, 0.1) is 0 Å². The van der Waals surface area contributed by atoms with Crippen molar-refractivity contribution in [2.45, 2.75) is 19.3 Å². The Bertz CT molecular complexity index is 478. The Kier molecular flexibility index (Phi) is 4.85. The van der Waals surface area contributed by atoms with Gasteiger partial charge in [0.05, 0.1) is 7.11 Å². The SMILES string of the molecule is CC[C@@H](CNc1ccc(OC)cc1)c1ccccc1. The maximum absolute atomic E-state index is 5.16. The minimum Gasteiger partial charge on any atom is -0.497 e. The molecule has 0 aliphatic carbocycles. The molecule has 0 radical (unpaired) electrons. The highest BCUT2D eigenvalue weighted by Crippen LogP contribution is 2.21. The summed E-state index contributed by atoms with van der Waals surface area (Å²) < 4.78 is 5.16. The fraction of sp³-hybridized carbons (Fsp3) is 0.294. The molecule has 19 heavy (non-hydrogen) atoms. The van der Waals surface area contributed by atoms with E-state index in [0.717, 1.165) is 24.4 Å². The van der Waals surface area contributed by atoms with Gasteiger partial charge in [0.1, 0.15) is 5.75 Å². The summed E-state index contributed by atoms with van der Waals surface area (Å²) in [7, 11) is 1.69. The molecule has 0 bridgehead atoms. The summed E-state index contributed by atoms with van der Waals surface area (Å²) in [5.41, 5.74) is 2.53. The summed E-state index contributed by atoms with van der Waals surface area (Å²) in [5, 5.41) is 3.49. The monoisotopic (exact) mass is 255 g/mol. The molecular weight excluding hydrogens is 234 g/mol. The van der Waals surface area contributed by atoms with E-state index in [-0.39, 0.29) is 0 Å². The van der Waals surface area contributed by atoms with Crippen molar-refractivity contribution >= 4 is 5.69 Å². The average Bonchev–Trinajstić information content (AvgIpc) is 2.49. The summed E-state index contributed by atoms with van der Waals surface area (Å²) in [4.78, 5) is 0. The van der Waals surface area contributed by atoms with Gasteiger partial charge in [0.15, 0.2) is 0 Å². The van der Waals surface area contributed by atoms with Crippen molar-refractivity contribution in [3.05, 3.63) is 60.2 Å². The van der Waals surface area contributed by atoms with Crippen LogP contribution in [0.4, 0.5) is 5.69 Å². The second-order valence-electron chi connectivity index (χ2n) is 4.63. The fourth-order valence-electron chi connectivity index (χ4n) is 2.17. The van der Waals surface area contributed by atoms with Crippen LogP contribution in [0.2, 0.25) is 0 Å². The van der Waals surface area contributed by atoms with Gasteiger partial charge in [-0.1, -0.05) is 37.3 Å². The largest absolute Gasteiger partial charge is 0.497 e. The molecule has 1 N–H and O–H groups in total. The Morgan fingerprint density at radius 2 is 1.68 bits per heavy atom. The highest BCUT2D eigenvalue weighted by molar-refractivity contribution is 5.46. The first-order chi connectivity index (χ1) is 9.33. The van der Waals surface area contributed by atoms with Crippen LogP contribution in [0.3, 0.4) is 0 Å². The zero-order valence-corrected chi connectivity index (χ0v) is 11.6. The average molecular weight is 255 g/mol. The molecule has 0 saturated carbocycles. The lowest BCUT2D eigenvalue weighted by molar-refractivity contribution is 0.415. The maximum atomic E-state index is 5.16. The second-order valence-corrected chi connectivity index (χ2v) is 4.63. The number of methoxy groups -OCH3 is 1. The Morgan fingerprint density at radius 3 is 2.26 bits per heavy atom. The molecule has 0 amide bonds. The molecule has 1 atom stereocenters. The van der Waals surface area contributed by atoms with Gasteiger partial charge in [-0.15, -0.1) is 0 Å². The topological polar surface area (TPSA) is 21.3 Å². The zero-order chi connectivity index (χ0) is 13.5. The van der Waals surface area contributed by atoms with Gasteiger partial charge in [-0.2, -0.15) is 0 Å². The Labute approximate surface area is 115 Å². The molecule has 2 heteroatoms. The quantitative estimate of drug-likeness (QED) is 0.831. The molecular formula is C17H21NO. The van der Waals surface area contributed by atoms with Crippen molar-refractivity contribution in [3.8, 4) is 5.75 Å². The van der Waals surface area contributed by atoms with Crippen LogP contribution >= 0.6 is 0 Å². The summed E-state index contributed by atoms with van der Waals surface area (Å²) in [5.74, 6) is 1.43. The smallest absolute Gasteiger partial charge is 0.119 e. The van der Waals surface area contributed by atoms with Crippen LogP contribution in [-0.4, -0.2) is 13.7 Å². The third-order valence-corrected chi connectivity index (χ3v) is 3.41. The number of anilines is 1. The Morgan fingerprint density at radius 1 is 1.00 bits per heavy atom. The molecule has 0 unspecified atom stereocenters. The van der Waals surface area contributed by atoms with Gasteiger partial charge >= 0.3 is 0 Å². The number of ether oxygens (including phenoxy) is 1. The summed E-state index contributed by atoms with van der Waals surface area (Å²) in [6.45, 7) is 3.18. The summed E-state index contributed by atoms with van der Waals surface area (Å²) in [6.07, 6.45) is 1.13. The van der Waals surface area contributed by atoms with E-state index in [1.807, 2.05) is 12.1 Å². The molecule has 0 aliphatic heterocycles.